The molecule has 0 unspecified atom stereocenters. The summed E-state index contributed by atoms with van der Waals surface area (Å²) in [4.78, 5) is 7.43. The molecular formula is C49H33N3S. The van der Waals surface area contributed by atoms with Crippen molar-refractivity contribution >= 4 is 59.6 Å². The fourth-order valence-electron chi connectivity index (χ4n) is 7.43. The van der Waals surface area contributed by atoms with Crippen molar-refractivity contribution in [3.63, 3.8) is 0 Å². The first-order chi connectivity index (χ1) is 26.3. The largest absolute Gasteiger partial charge is 0.310 e. The van der Waals surface area contributed by atoms with Crippen molar-refractivity contribution < 1.29 is 0 Å². The van der Waals surface area contributed by atoms with Crippen LogP contribution >= 0.6 is 11.3 Å². The molecule has 250 valence electrons. The van der Waals surface area contributed by atoms with Crippen LogP contribution in [0.15, 0.2) is 200 Å². The number of nitrogens with zero attached hydrogens (tertiary/aromatic N) is 3. The third kappa shape index (κ3) is 5.66. The maximum absolute atomic E-state index is 5.06. The van der Waals surface area contributed by atoms with Gasteiger partial charge < -0.3 is 4.90 Å². The maximum atomic E-state index is 5.06. The monoisotopic (exact) mass is 695 g/mol. The standard InChI is InChI=1S/C49H33N3S/c1-3-12-34(13-4-1)35-22-26-39(27-23-35)51(42-30-31-44-43-18-7-10-21-47(43)53-48(44)33-42)40-28-24-36(25-29-40)38-16-11-17-41(32-38)52-46-20-9-8-19-45(46)50-49(52)37-14-5-2-6-15-37/h1-33H. The second kappa shape index (κ2) is 13.1. The predicted octanol–water partition coefficient (Wildman–Crippen LogP) is 13.9. The van der Waals surface area contributed by atoms with E-state index in [-0.39, 0.29) is 0 Å². The molecule has 0 spiro atoms. The zero-order valence-electron chi connectivity index (χ0n) is 28.8. The predicted molar refractivity (Wildman–Crippen MR) is 225 cm³/mol. The number of anilines is 3. The molecule has 3 nitrogen and oxygen atoms in total. The van der Waals surface area contributed by atoms with Gasteiger partial charge in [0, 0.05) is 48.5 Å². The zero-order chi connectivity index (χ0) is 35.1. The van der Waals surface area contributed by atoms with Crippen LogP contribution in [0.1, 0.15) is 0 Å². The maximum Gasteiger partial charge on any atom is 0.145 e. The topological polar surface area (TPSA) is 21.1 Å². The molecule has 0 saturated heterocycles. The molecule has 8 aromatic carbocycles. The van der Waals surface area contributed by atoms with Gasteiger partial charge in [-0.3, -0.25) is 4.57 Å². The molecule has 10 aromatic rings. The van der Waals surface area contributed by atoms with Gasteiger partial charge in [0.25, 0.3) is 0 Å². The van der Waals surface area contributed by atoms with Gasteiger partial charge in [-0.1, -0.05) is 133 Å². The minimum atomic E-state index is 0.934. The molecule has 0 aliphatic heterocycles. The number of rotatable bonds is 7. The number of hydrogen-bond acceptors (Lipinski definition) is 3. The van der Waals surface area contributed by atoms with Gasteiger partial charge in [-0.25, -0.2) is 4.98 Å². The number of hydrogen-bond donors (Lipinski definition) is 0. The SMILES string of the molecule is c1ccc(-c2ccc(N(c3ccc(-c4cccc(-n5c(-c6ccccc6)nc6ccccc65)c4)cc3)c3ccc4c(c3)sc3ccccc34)cc2)cc1. The number of aromatic nitrogens is 2. The van der Waals surface area contributed by atoms with Gasteiger partial charge in [0.05, 0.1) is 11.0 Å². The first-order valence-electron chi connectivity index (χ1n) is 17.9. The summed E-state index contributed by atoms with van der Waals surface area (Å²) in [6.45, 7) is 0. The number of fused-ring (bicyclic) bond motifs is 4. The Kier molecular flexibility index (Phi) is 7.67. The van der Waals surface area contributed by atoms with Crippen molar-refractivity contribution in [3.8, 4) is 39.3 Å². The summed E-state index contributed by atoms with van der Waals surface area (Å²) >= 11 is 1.85. The van der Waals surface area contributed by atoms with Crippen molar-refractivity contribution in [2.45, 2.75) is 0 Å². The molecule has 0 amide bonds. The van der Waals surface area contributed by atoms with Gasteiger partial charge in [0.15, 0.2) is 0 Å². The normalized spacial score (nSPS) is 11.4. The molecule has 53 heavy (non-hydrogen) atoms. The van der Waals surface area contributed by atoms with Gasteiger partial charge >= 0.3 is 0 Å². The minimum absolute atomic E-state index is 0.934. The van der Waals surface area contributed by atoms with Crippen LogP contribution in [-0.4, -0.2) is 9.55 Å². The van der Waals surface area contributed by atoms with Crippen LogP contribution in [-0.2, 0) is 0 Å². The molecule has 0 saturated carbocycles. The van der Waals surface area contributed by atoms with Crippen LogP contribution in [0, 0.1) is 0 Å². The summed E-state index contributed by atoms with van der Waals surface area (Å²) in [5, 5.41) is 2.61. The molecule has 2 aromatic heterocycles. The smallest absolute Gasteiger partial charge is 0.145 e. The van der Waals surface area contributed by atoms with Gasteiger partial charge in [-0.05, 0) is 89.0 Å². The molecule has 0 aliphatic carbocycles. The van der Waals surface area contributed by atoms with Gasteiger partial charge in [0.1, 0.15) is 5.82 Å². The average molecular weight is 696 g/mol. The van der Waals surface area contributed by atoms with E-state index >= 15 is 0 Å². The second-order valence-corrected chi connectivity index (χ2v) is 14.3. The van der Waals surface area contributed by atoms with Crippen LogP contribution in [0.5, 0.6) is 0 Å². The van der Waals surface area contributed by atoms with Crippen molar-refractivity contribution in [1.29, 1.82) is 0 Å². The summed E-state index contributed by atoms with van der Waals surface area (Å²) in [5.74, 6) is 0.934. The van der Waals surface area contributed by atoms with E-state index in [0.29, 0.717) is 0 Å². The lowest BCUT2D eigenvalue weighted by atomic mass is 10.0. The lowest BCUT2D eigenvalue weighted by Crippen LogP contribution is -2.09. The Morgan fingerprint density at radius 2 is 0.962 bits per heavy atom. The van der Waals surface area contributed by atoms with E-state index in [1.54, 1.807) is 0 Å². The van der Waals surface area contributed by atoms with Crippen molar-refractivity contribution in [2.75, 3.05) is 4.90 Å². The van der Waals surface area contributed by atoms with Crippen LogP contribution in [0.25, 0.3) is 70.5 Å². The highest BCUT2D eigenvalue weighted by molar-refractivity contribution is 7.25. The van der Waals surface area contributed by atoms with Gasteiger partial charge in [-0.2, -0.15) is 0 Å². The third-order valence-electron chi connectivity index (χ3n) is 10.0. The number of para-hydroxylation sites is 2. The zero-order valence-corrected chi connectivity index (χ0v) is 29.6. The summed E-state index contributed by atoms with van der Waals surface area (Å²) in [7, 11) is 0. The highest BCUT2D eigenvalue weighted by Crippen LogP contribution is 2.41. The minimum Gasteiger partial charge on any atom is -0.310 e. The Balaban J connectivity index is 1.05. The van der Waals surface area contributed by atoms with Gasteiger partial charge in [-0.15, -0.1) is 11.3 Å². The molecule has 0 atom stereocenters. The molecule has 0 N–H and O–H groups in total. The van der Waals surface area contributed by atoms with E-state index in [4.69, 9.17) is 4.98 Å². The van der Waals surface area contributed by atoms with Crippen LogP contribution in [0.2, 0.25) is 0 Å². The Bertz CT molecular complexity index is 2870. The summed E-state index contributed by atoms with van der Waals surface area (Å²) in [6.07, 6.45) is 0. The summed E-state index contributed by atoms with van der Waals surface area (Å²) in [5.41, 5.74) is 12.3. The highest BCUT2D eigenvalue weighted by Gasteiger charge is 2.17. The molecule has 0 bridgehead atoms. The second-order valence-electron chi connectivity index (χ2n) is 13.2. The molecule has 0 aliphatic rings. The number of thiophene rings is 1. The summed E-state index contributed by atoms with van der Waals surface area (Å²) in [6, 6.07) is 71.5. The van der Waals surface area contributed by atoms with Crippen molar-refractivity contribution in [2.24, 2.45) is 0 Å². The molecule has 10 rings (SSSR count). The van der Waals surface area contributed by atoms with Crippen LogP contribution < -0.4 is 4.90 Å². The quantitative estimate of drug-likeness (QED) is 0.165. The Hall–Kier alpha value is -6.75. The lowest BCUT2D eigenvalue weighted by molar-refractivity contribution is 1.10. The van der Waals surface area contributed by atoms with Crippen LogP contribution in [0.3, 0.4) is 0 Å². The lowest BCUT2D eigenvalue weighted by Gasteiger charge is -2.26. The average Bonchev–Trinajstić information content (AvgIpc) is 3.81. The van der Waals surface area contributed by atoms with Crippen molar-refractivity contribution in [1.82, 2.24) is 9.55 Å². The van der Waals surface area contributed by atoms with Crippen molar-refractivity contribution in [3.05, 3.63) is 200 Å². The van der Waals surface area contributed by atoms with E-state index in [9.17, 15) is 0 Å². The summed E-state index contributed by atoms with van der Waals surface area (Å²) < 4.78 is 4.86. The molecular weight excluding hydrogens is 663 g/mol. The highest BCUT2D eigenvalue weighted by atomic mass is 32.1. The number of benzene rings is 8. The van der Waals surface area contributed by atoms with Gasteiger partial charge in [0.2, 0.25) is 0 Å². The van der Waals surface area contributed by atoms with E-state index in [2.05, 4.69) is 198 Å². The molecule has 2 heterocycles. The fourth-order valence-corrected chi connectivity index (χ4v) is 8.57. The van der Waals surface area contributed by atoms with E-state index in [1.807, 2.05) is 23.5 Å². The first kappa shape index (κ1) is 31.0. The molecule has 0 fully saturated rings. The van der Waals surface area contributed by atoms with E-state index in [0.717, 1.165) is 56.3 Å². The van der Waals surface area contributed by atoms with E-state index < -0.39 is 0 Å². The first-order valence-corrected chi connectivity index (χ1v) is 18.7. The van der Waals surface area contributed by atoms with E-state index in [1.165, 1.54) is 31.3 Å². The van der Waals surface area contributed by atoms with Crippen LogP contribution in [0.4, 0.5) is 17.1 Å². The Labute approximate surface area is 312 Å². The molecule has 4 heteroatoms. The Morgan fingerprint density at radius 1 is 0.396 bits per heavy atom. The molecule has 0 radical (unpaired) electrons. The number of imidazole rings is 1. The third-order valence-corrected chi connectivity index (χ3v) is 11.1. The Morgan fingerprint density at radius 3 is 1.72 bits per heavy atom. The fraction of sp³-hybridized carbons (Fsp3) is 0.